The van der Waals surface area contributed by atoms with E-state index in [1.807, 2.05) is 0 Å². The zero-order chi connectivity index (χ0) is 15.6. The van der Waals surface area contributed by atoms with Gasteiger partial charge in [-0.15, -0.1) is 0 Å². The second kappa shape index (κ2) is 5.55. The molecule has 2 rings (SSSR count). The lowest BCUT2D eigenvalue weighted by Crippen LogP contribution is -2.11. The number of carbonyl (C=O) groups excluding carboxylic acids is 1. The van der Waals surface area contributed by atoms with Crippen LogP contribution in [0.5, 0.6) is 5.75 Å². The Morgan fingerprint density at radius 3 is 2.38 bits per heavy atom. The predicted octanol–water partition coefficient (Wildman–Crippen LogP) is 4.08. The van der Waals surface area contributed by atoms with Gasteiger partial charge in [0, 0.05) is 5.56 Å². The summed E-state index contributed by atoms with van der Waals surface area (Å²) in [5, 5.41) is 0. The smallest absolute Gasteiger partial charge is 0.419 e. The van der Waals surface area contributed by atoms with Crippen LogP contribution in [-0.4, -0.2) is 12.9 Å². The van der Waals surface area contributed by atoms with Gasteiger partial charge in [0.1, 0.15) is 11.6 Å². The van der Waals surface area contributed by atoms with Gasteiger partial charge in [-0.3, -0.25) is 4.79 Å². The van der Waals surface area contributed by atoms with Crippen molar-refractivity contribution in [2.45, 2.75) is 6.18 Å². The highest BCUT2D eigenvalue weighted by atomic mass is 19.4. The first-order valence-corrected chi connectivity index (χ1v) is 5.89. The summed E-state index contributed by atoms with van der Waals surface area (Å²) in [7, 11) is 1.35. The van der Waals surface area contributed by atoms with Crippen molar-refractivity contribution in [1.29, 1.82) is 0 Å². The number of benzene rings is 2. The number of hydrogen-bond acceptors (Lipinski definition) is 2. The van der Waals surface area contributed by atoms with Crippen LogP contribution in [0.3, 0.4) is 0 Å². The van der Waals surface area contributed by atoms with Crippen molar-refractivity contribution in [1.82, 2.24) is 0 Å². The van der Waals surface area contributed by atoms with Crippen LogP contribution >= 0.6 is 0 Å². The van der Waals surface area contributed by atoms with Gasteiger partial charge in [-0.1, -0.05) is 12.1 Å². The van der Waals surface area contributed by atoms with Gasteiger partial charge in [-0.2, -0.15) is 13.2 Å². The van der Waals surface area contributed by atoms with E-state index in [1.54, 1.807) is 12.1 Å². The normalized spacial score (nSPS) is 11.3. The summed E-state index contributed by atoms with van der Waals surface area (Å²) >= 11 is 0. The van der Waals surface area contributed by atoms with Gasteiger partial charge in [-0.25, -0.2) is 4.39 Å². The van der Waals surface area contributed by atoms with E-state index < -0.39 is 23.3 Å². The molecule has 0 aliphatic heterocycles. The molecule has 0 saturated carbocycles. The Bertz CT molecular complexity index is 678. The fourth-order valence-corrected chi connectivity index (χ4v) is 1.87. The first kappa shape index (κ1) is 15.0. The van der Waals surface area contributed by atoms with Crippen molar-refractivity contribution in [3.8, 4) is 5.75 Å². The third-order valence-corrected chi connectivity index (χ3v) is 2.89. The number of hydrogen-bond donors (Lipinski definition) is 0. The number of carbonyl (C=O) groups is 1. The minimum Gasteiger partial charge on any atom is -0.496 e. The molecule has 2 aromatic carbocycles. The van der Waals surface area contributed by atoms with Crippen LogP contribution < -0.4 is 4.74 Å². The standard InChI is InChI=1S/C15H10F4O2/c1-21-13-5-3-2-4-10(13)14(20)9-6-7-12(16)11(8-9)15(17,18)19/h2-8H,1H3. The Morgan fingerprint density at radius 1 is 1.10 bits per heavy atom. The van der Waals surface area contributed by atoms with E-state index in [2.05, 4.69) is 0 Å². The molecule has 0 N–H and O–H groups in total. The molecule has 0 radical (unpaired) electrons. The van der Waals surface area contributed by atoms with Crippen molar-refractivity contribution in [2.24, 2.45) is 0 Å². The van der Waals surface area contributed by atoms with Crippen LogP contribution in [0.15, 0.2) is 42.5 Å². The zero-order valence-corrected chi connectivity index (χ0v) is 10.9. The molecule has 6 heteroatoms. The Balaban J connectivity index is 2.50. The Labute approximate surface area is 118 Å². The van der Waals surface area contributed by atoms with Crippen LogP contribution in [0.25, 0.3) is 0 Å². The molecule has 0 saturated heterocycles. The average Bonchev–Trinajstić information content (AvgIpc) is 2.45. The molecule has 0 unspecified atom stereocenters. The maximum Gasteiger partial charge on any atom is 0.419 e. The number of ether oxygens (including phenoxy) is 1. The molecule has 0 aliphatic rings. The molecule has 2 aromatic rings. The molecule has 21 heavy (non-hydrogen) atoms. The highest BCUT2D eigenvalue weighted by molar-refractivity contribution is 6.10. The largest absolute Gasteiger partial charge is 0.496 e. The molecule has 0 aliphatic carbocycles. The summed E-state index contributed by atoms with van der Waals surface area (Å²) in [5.74, 6) is -1.85. The van der Waals surface area contributed by atoms with Gasteiger partial charge in [-0.05, 0) is 30.3 Å². The third-order valence-electron chi connectivity index (χ3n) is 2.89. The van der Waals surface area contributed by atoms with E-state index in [0.717, 1.165) is 6.07 Å². The monoisotopic (exact) mass is 298 g/mol. The fraction of sp³-hybridized carbons (Fsp3) is 0.133. The maximum absolute atomic E-state index is 13.2. The number of alkyl halides is 3. The van der Waals surface area contributed by atoms with Crippen molar-refractivity contribution < 1.29 is 27.1 Å². The summed E-state index contributed by atoms with van der Waals surface area (Å²) in [6.07, 6.45) is -4.86. The quantitative estimate of drug-likeness (QED) is 0.630. The van der Waals surface area contributed by atoms with Crippen LogP contribution in [0, 0.1) is 5.82 Å². The Hall–Kier alpha value is -2.37. The molecule has 0 heterocycles. The summed E-state index contributed by atoms with van der Waals surface area (Å²) in [4.78, 5) is 12.2. The lowest BCUT2D eigenvalue weighted by Gasteiger charge is -2.11. The van der Waals surface area contributed by atoms with E-state index in [9.17, 15) is 22.4 Å². The SMILES string of the molecule is COc1ccccc1C(=O)c1ccc(F)c(C(F)(F)F)c1. The lowest BCUT2D eigenvalue weighted by atomic mass is 10.00. The number of methoxy groups -OCH3 is 1. The number of ketones is 1. The lowest BCUT2D eigenvalue weighted by molar-refractivity contribution is -0.140. The van der Waals surface area contributed by atoms with E-state index in [-0.39, 0.29) is 16.9 Å². The Morgan fingerprint density at radius 2 is 1.76 bits per heavy atom. The summed E-state index contributed by atoms with van der Waals surface area (Å²) in [6, 6.07) is 8.28. The van der Waals surface area contributed by atoms with Gasteiger partial charge in [0.2, 0.25) is 0 Å². The van der Waals surface area contributed by atoms with E-state index in [1.165, 1.54) is 19.2 Å². The molecule has 0 amide bonds. The first-order chi connectivity index (χ1) is 9.84. The molecular formula is C15H10F4O2. The van der Waals surface area contributed by atoms with Gasteiger partial charge in [0.25, 0.3) is 0 Å². The summed E-state index contributed by atoms with van der Waals surface area (Å²) < 4.78 is 56.2. The van der Waals surface area contributed by atoms with Crippen molar-refractivity contribution in [3.63, 3.8) is 0 Å². The van der Waals surface area contributed by atoms with E-state index >= 15 is 0 Å². The molecule has 0 spiro atoms. The predicted molar refractivity (Wildman–Crippen MR) is 67.8 cm³/mol. The topological polar surface area (TPSA) is 26.3 Å². The fourth-order valence-electron chi connectivity index (χ4n) is 1.87. The molecule has 0 fully saturated rings. The van der Waals surface area contributed by atoms with Crippen molar-refractivity contribution in [3.05, 3.63) is 65.0 Å². The number of para-hydroxylation sites is 1. The highest BCUT2D eigenvalue weighted by Gasteiger charge is 2.34. The van der Waals surface area contributed by atoms with Gasteiger partial charge < -0.3 is 4.74 Å². The summed E-state index contributed by atoms with van der Waals surface area (Å²) in [6.45, 7) is 0. The molecule has 0 aromatic heterocycles. The minimum atomic E-state index is -4.86. The van der Waals surface area contributed by atoms with Crippen LogP contribution in [-0.2, 0) is 6.18 Å². The van der Waals surface area contributed by atoms with E-state index in [4.69, 9.17) is 4.74 Å². The highest BCUT2D eigenvalue weighted by Crippen LogP contribution is 2.32. The zero-order valence-electron chi connectivity index (χ0n) is 10.9. The molecule has 0 bridgehead atoms. The summed E-state index contributed by atoms with van der Waals surface area (Å²) in [5.41, 5.74) is -1.61. The van der Waals surface area contributed by atoms with Gasteiger partial charge >= 0.3 is 6.18 Å². The number of halogens is 4. The maximum atomic E-state index is 13.2. The molecule has 0 atom stereocenters. The van der Waals surface area contributed by atoms with Crippen LogP contribution in [0.1, 0.15) is 21.5 Å². The van der Waals surface area contributed by atoms with Crippen LogP contribution in [0.4, 0.5) is 17.6 Å². The minimum absolute atomic E-state index is 0.111. The second-order valence-electron chi connectivity index (χ2n) is 4.22. The third kappa shape index (κ3) is 3.04. The Kier molecular flexibility index (Phi) is 3.97. The van der Waals surface area contributed by atoms with Gasteiger partial charge in [0.15, 0.2) is 5.78 Å². The van der Waals surface area contributed by atoms with Gasteiger partial charge in [0.05, 0.1) is 18.2 Å². The first-order valence-electron chi connectivity index (χ1n) is 5.89. The molecular weight excluding hydrogens is 288 g/mol. The molecule has 110 valence electrons. The van der Waals surface area contributed by atoms with E-state index in [0.29, 0.717) is 12.1 Å². The second-order valence-corrected chi connectivity index (χ2v) is 4.22. The molecule has 2 nitrogen and oxygen atoms in total. The van der Waals surface area contributed by atoms with Crippen LogP contribution in [0.2, 0.25) is 0 Å². The number of rotatable bonds is 3. The average molecular weight is 298 g/mol. The van der Waals surface area contributed by atoms with Crippen molar-refractivity contribution >= 4 is 5.78 Å². The van der Waals surface area contributed by atoms with Crippen molar-refractivity contribution in [2.75, 3.05) is 7.11 Å².